The summed E-state index contributed by atoms with van der Waals surface area (Å²) in [5, 5.41) is 5.08. The molecule has 2 aromatic heterocycles. The monoisotopic (exact) mass is 383 g/mol. The molecule has 6 heteroatoms. The lowest BCUT2D eigenvalue weighted by molar-refractivity contribution is 0.141. The molecule has 29 heavy (non-hydrogen) atoms. The van der Waals surface area contributed by atoms with Crippen molar-refractivity contribution in [1.29, 1.82) is 0 Å². The predicted octanol–water partition coefficient (Wildman–Crippen LogP) is 4.95. The molecule has 2 heterocycles. The van der Waals surface area contributed by atoms with Gasteiger partial charge in [0.05, 0.1) is 23.1 Å². The van der Waals surface area contributed by atoms with Crippen molar-refractivity contribution in [2.24, 2.45) is 0 Å². The zero-order valence-electron chi connectivity index (χ0n) is 15.5. The van der Waals surface area contributed by atoms with Crippen LogP contribution in [0, 0.1) is 0 Å². The number of nitrogens with zero attached hydrogens (tertiary/aromatic N) is 3. The average molecular weight is 383 g/mol. The van der Waals surface area contributed by atoms with E-state index in [0.717, 1.165) is 22.2 Å². The van der Waals surface area contributed by atoms with Gasteiger partial charge in [-0.1, -0.05) is 59.8 Å². The summed E-state index contributed by atoms with van der Waals surface area (Å²) in [7, 11) is 0. The second kappa shape index (κ2) is 7.24. The molecule has 0 amide bonds. The maximum Gasteiger partial charge on any atom is 0.420 e. The number of fused-ring (bicyclic) bond motifs is 2. The van der Waals surface area contributed by atoms with E-state index < -0.39 is 6.09 Å². The van der Waals surface area contributed by atoms with Gasteiger partial charge in [0.15, 0.2) is 5.58 Å². The summed E-state index contributed by atoms with van der Waals surface area (Å²) in [5.41, 5.74) is 3.79. The molecule has 0 spiro atoms. The highest BCUT2D eigenvalue weighted by Crippen LogP contribution is 2.23. The van der Waals surface area contributed by atoms with Crippen LogP contribution in [0.1, 0.15) is 17.1 Å². The van der Waals surface area contributed by atoms with Gasteiger partial charge >= 0.3 is 6.09 Å². The summed E-state index contributed by atoms with van der Waals surface area (Å²) < 4.78 is 12.5. The zero-order chi connectivity index (χ0) is 19.6. The Bertz CT molecular complexity index is 1300. The molecule has 6 nitrogen and oxygen atoms in total. The third-order valence-electron chi connectivity index (χ3n) is 4.80. The molecule has 0 aliphatic heterocycles. The third kappa shape index (κ3) is 3.25. The Morgan fingerprint density at radius 2 is 1.69 bits per heavy atom. The number of rotatable bonds is 4. The predicted molar refractivity (Wildman–Crippen MR) is 109 cm³/mol. The molecule has 0 radical (unpaired) electrons. The summed E-state index contributed by atoms with van der Waals surface area (Å²) in [4.78, 5) is 17.6. The van der Waals surface area contributed by atoms with Gasteiger partial charge in [0.2, 0.25) is 0 Å². The zero-order valence-corrected chi connectivity index (χ0v) is 15.5. The number of hydrogen-bond acceptors (Lipinski definition) is 5. The number of benzene rings is 3. The number of carbonyl (C=O) groups is 1. The van der Waals surface area contributed by atoms with E-state index in [1.165, 1.54) is 4.57 Å². The number of imidazole rings is 1. The lowest BCUT2D eigenvalue weighted by Crippen LogP contribution is -2.17. The second-order valence-corrected chi connectivity index (χ2v) is 6.69. The molecule has 0 saturated carbocycles. The van der Waals surface area contributed by atoms with E-state index in [4.69, 9.17) is 9.26 Å². The van der Waals surface area contributed by atoms with Gasteiger partial charge in [0.1, 0.15) is 12.4 Å². The van der Waals surface area contributed by atoms with Crippen molar-refractivity contribution in [1.82, 2.24) is 14.7 Å². The Hall–Kier alpha value is -3.93. The normalized spacial score (nSPS) is 11.2. The van der Waals surface area contributed by atoms with Gasteiger partial charge in [-0.25, -0.2) is 14.3 Å². The van der Waals surface area contributed by atoms with Gasteiger partial charge in [-0.2, -0.15) is 0 Å². The van der Waals surface area contributed by atoms with Crippen molar-refractivity contribution in [3.63, 3.8) is 0 Å². The molecule has 5 rings (SSSR count). The van der Waals surface area contributed by atoms with Crippen LogP contribution in [0.4, 0.5) is 4.79 Å². The van der Waals surface area contributed by atoms with Crippen LogP contribution in [0.2, 0.25) is 0 Å². The first-order valence-corrected chi connectivity index (χ1v) is 9.30. The molecular formula is C23H17N3O3. The number of carbonyl (C=O) groups excluding carboxylic acids is 1. The van der Waals surface area contributed by atoms with E-state index in [1.54, 1.807) is 0 Å². The van der Waals surface area contributed by atoms with Crippen LogP contribution in [-0.4, -0.2) is 20.8 Å². The summed E-state index contributed by atoms with van der Waals surface area (Å²) >= 11 is 0. The summed E-state index contributed by atoms with van der Waals surface area (Å²) in [6.07, 6.45) is -0.114. The smallest absolute Gasteiger partial charge is 0.420 e. The first-order chi connectivity index (χ1) is 14.3. The number of para-hydroxylation sites is 3. The van der Waals surface area contributed by atoms with E-state index in [9.17, 15) is 4.79 Å². The average Bonchev–Trinajstić information content (AvgIpc) is 3.34. The van der Waals surface area contributed by atoms with Gasteiger partial charge in [0.25, 0.3) is 0 Å². The quantitative estimate of drug-likeness (QED) is 0.439. The fraction of sp³-hybridized carbons (Fsp3) is 0.0870. The highest BCUT2D eigenvalue weighted by atomic mass is 16.5. The number of ether oxygens (including phenoxy) is 1. The molecule has 0 saturated heterocycles. The van der Waals surface area contributed by atoms with Gasteiger partial charge in [0, 0.05) is 5.39 Å². The topological polar surface area (TPSA) is 70.2 Å². The van der Waals surface area contributed by atoms with Crippen LogP contribution in [0.25, 0.3) is 22.0 Å². The second-order valence-electron chi connectivity index (χ2n) is 6.69. The van der Waals surface area contributed by atoms with E-state index in [1.807, 2.05) is 78.9 Å². The van der Waals surface area contributed by atoms with Crippen molar-refractivity contribution in [2.75, 3.05) is 0 Å². The van der Waals surface area contributed by atoms with Crippen LogP contribution in [0.15, 0.2) is 83.4 Å². The molecule has 5 aromatic rings. The maximum atomic E-state index is 13.0. The summed E-state index contributed by atoms with van der Waals surface area (Å²) in [5.74, 6) is 0.559. The van der Waals surface area contributed by atoms with E-state index in [-0.39, 0.29) is 6.61 Å². The molecule has 0 bridgehead atoms. The standard InChI is InChI=1S/C23H17N3O3/c27-23(28-15-16-8-2-1-3-9-16)26-20-12-6-5-11-18(20)24-22(26)14-19-17-10-4-7-13-21(17)29-25-19/h1-13H,14-15H2. The van der Waals surface area contributed by atoms with Crippen molar-refractivity contribution in [3.8, 4) is 0 Å². The Morgan fingerprint density at radius 1 is 0.931 bits per heavy atom. The molecule has 0 unspecified atom stereocenters. The van der Waals surface area contributed by atoms with Crippen molar-refractivity contribution >= 4 is 28.1 Å². The third-order valence-corrected chi connectivity index (χ3v) is 4.80. The number of hydrogen-bond donors (Lipinski definition) is 0. The van der Waals surface area contributed by atoms with Crippen LogP contribution >= 0.6 is 0 Å². The minimum Gasteiger partial charge on any atom is -0.444 e. The molecule has 0 aliphatic rings. The molecule has 3 aromatic carbocycles. The summed E-state index contributed by atoms with van der Waals surface area (Å²) in [6.45, 7) is 0.193. The highest BCUT2D eigenvalue weighted by molar-refractivity contribution is 5.88. The van der Waals surface area contributed by atoms with Gasteiger partial charge in [-0.05, 0) is 29.8 Å². The first-order valence-electron chi connectivity index (χ1n) is 9.30. The van der Waals surface area contributed by atoms with Crippen molar-refractivity contribution in [3.05, 3.63) is 95.9 Å². The highest BCUT2D eigenvalue weighted by Gasteiger charge is 2.20. The molecule has 0 aliphatic carbocycles. The SMILES string of the molecule is O=C(OCc1ccccc1)n1c(Cc2noc3ccccc23)nc2ccccc21. The fourth-order valence-corrected chi connectivity index (χ4v) is 3.40. The van der Waals surface area contributed by atoms with Crippen LogP contribution in [0.3, 0.4) is 0 Å². The largest absolute Gasteiger partial charge is 0.444 e. The fourth-order valence-electron chi connectivity index (χ4n) is 3.40. The Kier molecular flexibility index (Phi) is 4.29. The van der Waals surface area contributed by atoms with E-state index >= 15 is 0 Å². The minimum absolute atomic E-state index is 0.193. The molecule has 142 valence electrons. The van der Waals surface area contributed by atoms with E-state index in [0.29, 0.717) is 23.3 Å². The summed E-state index contributed by atoms with van der Waals surface area (Å²) in [6, 6.07) is 24.7. The molecule has 0 atom stereocenters. The van der Waals surface area contributed by atoms with Crippen molar-refractivity contribution in [2.45, 2.75) is 13.0 Å². The van der Waals surface area contributed by atoms with Gasteiger partial charge in [-0.15, -0.1) is 0 Å². The molecule has 0 fully saturated rings. The minimum atomic E-state index is -0.467. The number of aromatic nitrogens is 3. The lowest BCUT2D eigenvalue weighted by atomic mass is 10.1. The first kappa shape index (κ1) is 17.2. The maximum absolute atomic E-state index is 13.0. The van der Waals surface area contributed by atoms with Crippen LogP contribution in [-0.2, 0) is 17.8 Å². The Balaban J connectivity index is 1.51. The van der Waals surface area contributed by atoms with Crippen LogP contribution < -0.4 is 0 Å². The lowest BCUT2D eigenvalue weighted by Gasteiger charge is -2.09. The van der Waals surface area contributed by atoms with Gasteiger partial charge < -0.3 is 9.26 Å². The van der Waals surface area contributed by atoms with E-state index in [2.05, 4.69) is 10.1 Å². The van der Waals surface area contributed by atoms with Gasteiger partial charge in [-0.3, -0.25) is 0 Å². The Morgan fingerprint density at radius 3 is 2.59 bits per heavy atom. The van der Waals surface area contributed by atoms with Crippen LogP contribution in [0.5, 0.6) is 0 Å². The van der Waals surface area contributed by atoms with Crippen molar-refractivity contribution < 1.29 is 14.1 Å². The Labute approximate surface area is 166 Å². The molecule has 0 N–H and O–H groups in total. The molecular weight excluding hydrogens is 366 g/mol.